The Balaban J connectivity index is 1.51. The van der Waals surface area contributed by atoms with E-state index in [2.05, 4.69) is 4.98 Å². The first-order valence-electron chi connectivity index (χ1n) is 9.12. The summed E-state index contributed by atoms with van der Waals surface area (Å²) in [5, 5.41) is 13.3. The summed E-state index contributed by atoms with van der Waals surface area (Å²) in [6, 6.07) is 17.2. The predicted octanol–water partition coefficient (Wildman–Crippen LogP) is 3.94. The second-order valence-electron chi connectivity index (χ2n) is 6.56. The van der Waals surface area contributed by atoms with E-state index in [0.717, 1.165) is 27.6 Å². The largest absolute Gasteiger partial charge is 0.497 e. The summed E-state index contributed by atoms with van der Waals surface area (Å²) < 4.78 is 5.12. The van der Waals surface area contributed by atoms with Crippen molar-refractivity contribution in [1.29, 1.82) is 0 Å². The third-order valence-corrected chi connectivity index (χ3v) is 5.46. The summed E-state index contributed by atoms with van der Waals surface area (Å²) in [6.45, 7) is 0.248. The molecule has 0 fully saturated rings. The van der Waals surface area contributed by atoms with E-state index in [1.165, 1.54) is 0 Å². The Kier molecular flexibility index (Phi) is 6.79. The maximum absolute atomic E-state index is 12.4. The van der Waals surface area contributed by atoms with Crippen molar-refractivity contribution in [2.24, 2.45) is 0 Å². The smallest absolute Gasteiger partial charge is 0.222 e. The van der Waals surface area contributed by atoms with Crippen LogP contribution in [0, 0.1) is 0 Å². The number of carbonyl (C=O) groups excluding carboxylic acids is 1. The molecule has 1 heterocycles. The fourth-order valence-corrected chi connectivity index (χ4v) is 3.67. The zero-order valence-electron chi connectivity index (χ0n) is 16.0. The molecule has 146 valence electrons. The lowest BCUT2D eigenvalue weighted by atomic mass is 10.1. The van der Waals surface area contributed by atoms with Crippen LogP contribution in [0.25, 0.3) is 11.3 Å². The fraction of sp³-hybridized carbons (Fsp3) is 0.273. The number of aliphatic hydroxyl groups is 1. The minimum atomic E-state index is -0.732. The molecule has 1 amide bonds. The highest BCUT2D eigenvalue weighted by molar-refractivity contribution is 7.09. The normalized spacial score (nSPS) is 11.8. The lowest BCUT2D eigenvalue weighted by molar-refractivity contribution is -0.131. The summed E-state index contributed by atoms with van der Waals surface area (Å²) in [7, 11) is 3.31. The summed E-state index contributed by atoms with van der Waals surface area (Å²) in [4.78, 5) is 18.6. The van der Waals surface area contributed by atoms with Crippen molar-refractivity contribution in [3.05, 3.63) is 70.5 Å². The van der Waals surface area contributed by atoms with Crippen LogP contribution in [-0.2, 0) is 11.2 Å². The van der Waals surface area contributed by atoms with Gasteiger partial charge >= 0.3 is 0 Å². The quantitative estimate of drug-likeness (QED) is 0.626. The minimum Gasteiger partial charge on any atom is -0.497 e. The predicted molar refractivity (Wildman–Crippen MR) is 111 cm³/mol. The van der Waals surface area contributed by atoms with Crippen LogP contribution in [0.5, 0.6) is 5.75 Å². The van der Waals surface area contributed by atoms with Crippen LogP contribution in [-0.4, -0.2) is 41.6 Å². The minimum absolute atomic E-state index is 0.0102. The molecule has 3 rings (SSSR count). The molecule has 0 radical (unpaired) electrons. The zero-order chi connectivity index (χ0) is 19.9. The average Bonchev–Trinajstić information content (AvgIpc) is 3.21. The average molecular weight is 397 g/mol. The topological polar surface area (TPSA) is 62.7 Å². The molecule has 0 aliphatic heterocycles. The zero-order valence-corrected chi connectivity index (χ0v) is 16.9. The van der Waals surface area contributed by atoms with Crippen molar-refractivity contribution in [2.75, 3.05) is 20.7 Å². The van der Waals surface area contributed by atoms with Gasteiger partial charge in [0.25, 0.3) is 0 Å². The number of benzene rings is 2. The first-order valence-corrected chi connectivity index (χ1v) is 10.0. The number of aryl methyl sites for hydroxylation is 1. The van der Waals surface area contributed by atoms with Gasteiger partial charge in [0.05, 0.1) is 30.5 Å². The molecule has 3 aromatic rings. The molecule has 2 aromatic carbocycles. The van der Waals surface area contributed by atoms with E-state index >= 15 is 0 Å². The Morgan fingerprint density at radius 2 is 1.89 bits per heavy atom. The molecule has 0 aliphatic carbocycles. The molecule has 0 saturated heterocycles. The monoisotopic (exact) mass is 396 g/mol. The van der Waals surface area contributed by atoms with Gasteiger partial charge < -0.3 is 14.7 Å². The lowest BCUT2D eigenvalue weighted by Gasteiger charge is -2.21. The molecule has 6 heteroatoms. The molecule has 1 atom stereocenters. The molecule has 28 heavy (non-hydrogen) atoms. The molecular formula is C22H24N2O3S. The van der Waals surface area contributed by atoms with Gasteiger partial charge in [-0.05, 0) is 17.7 Å². The number of thiazole rings is 1. The summed E-state index contributed by atoms with van der Waals surface area (Å²) >= 11 is 1.57. The Labute approximate surface area is 169 Å². The molecule has 0 saturated carbocycles. The van der Waals surface area contributed by atoms with E-state index in [1.807, 2.05) is 47.8 Å². The number of rotatable bonds is 8. The number of ether oxygens (including phenoxy) is 1. The first kappa shape index (κ1) is 20.0. The van der Waals surface area contributed by atoms with Crippen molar-refractivity contribution in [3.8, 4) is 17.0 Å². The number of aromatic nitrogens is 1. The van der Waals surface area contributed by atoms with Crippen LogP contribution in [0.2, 0.25) is 0 Å². The van der Waals surface area contributed by atoms with E-state index in [0.29, 0.717) is 12.8 Å². The third kappa shape index (κ3) is 5.18. The maximum atomic E-state index is 12.4. The highest BCUT2D eigenvalue weighted by Crippen LogP contribution is 2.23. The van der Waals surface area contributed by atoms with E-state index in [9.17, 15) is 9.90 Å². The molecule has 1 aromatic heterocycles. The van der Waals surface area contributed by atoms with E-state index < -0.39 is 6.10 Å². The van der Waals surface area contributed by atoms with Gasteiger partial charge in [-0.2, -0.15) is 0 Å². The number of amides is 1. The maximum Gasteiger partial charge on any atom is 0.222 e. The van der Waals surface area contributed by atoms with Crippen LogP contribution in [0.1, 0.15) is 23.1 Å². The van der Waals surface area contributed by atoms with Gasteiger partial charge in [-0.3, -0.25) is 4.79 Å². The van der Waals surface area contributed by atoms with Gasteiger partial charge in [0, 0.05) is 30.8 Å². The number of methoxy groups -OCH3 is 1. The van der Waals surface area contributed by atoms with Crippen LogP contribution in [0.4, 0.5) is 0 Å². The second-order valence-corrected chi connectivity index (χ2v) is 7.50. The summed E-state index contributed by atoms with van der Waals surface area (Å²) in [5.41, 5.74) is 2.78. The van der Waals surface area contributed by atoms with Gasteiger partial charge in [0.15, 0.2) is 0 Å². The Morgan fingerprint density at radius 1 is 1.18 bits per heavy atom. The Morgan fingerprint density at radius 3 is 2.57 bits per heavy atom. The van der Waals surface area contributed by atoms with Crippen LogP contribution in [0.15, 0.2) is 60.0 Å². The molecule has 0 spiro atoms. The Hall–Kier alpha value is -2.70. The standard InChI is InChI=1S/C22H24N2O3S/c1-24(14-20(25)17-8-10-18(27-2)11-9-17)22(26)13-12-21-23-19(15-28-21)16-6-4-3-5-7-16/h3-11,15,20,25H,12-14H2,1-2H3. The van der Waals surface area contributed by atoms with Crippen molar-refractivity contribution in [1.82, 2.24) is 9.88 Å². The third-order valence-electron chi connectivity index (χ3n) is 4.55. The second kappa shape index (κ2) is 9.48. The molecular weight excluding hydrogens is 372 g/mol. The summed E-state index contributed by atoms with van der Waals surface area (Å²) in [5.74, 6) is 0.725. The lowest BCUT2D eigenvalue weighted by Crippen LogP contribution is -2.31. The van der Waals surface area contributed by atoms with Gasteiger partial charge in [-0.15, -0.1) is 11.3 Å². The number of likely N-dealkylation sites (N-methyl/N-ethyl adjacent to an activating group) is 1. The van der Waals surface area contributed by atoms with E-state index in [4.69, 9.17) is 4.74 Å². The van der Waals surface area contributed by atoms with Gasteiger partial charge in [-0.1, -0.05) is 42.5 Å². The number of hydrogen-bond donors (Lipinski definition) is 1. The molecule has 0 aliphatic rings. The Bertz CT molecular complexity index is 894. The van der Waals surface area contributed by atoms with E-state index in [-0.39, 0.29) is 12.5 Å². The van der Waals surface area contributed by atoms with Crippen LogP contribution >= 0.6 is 11.3 Å². The number of aliphatic hydroxyl groups excluding tert-OH is 1. The number of nitrogens with zero attached hydrogens (tertiary/aromatic N) is 2. The van der Waals surface area contributed by atoms with Gasteiger partial charge in [0.1, 0.15) is 5.75 Å². The number of hydrogen-bond acceptors (Lipinski definition) is 5. The molecule has 5 nitrogen and oxygen atoms in total. The van der Waals surface area contributed by atoms with E-state index in [1.54, 1.807) is 42.5 Å². The first-order chi connectivity index (χ1) is 13.6. The molecule has 0 bridgehead atoms. The highest BCUT2D eigenvalue weighted by Gasteiger charge is 2.16. The molecule has 1 unspecified atom stereocenters. The van der Waals surface area contributed by atoms with Crippen molar-refractivity contribution in [3.63, 3.8) is 0 Å². The van der Waals surface area contributed by atoms with Crippen molar-refractivity contribution < 1.29 is 14.6 Å². The number of carbonyl (C=O) groups is 1. The van der Waals surface area contributed by atoms with Gasteiger partial charge in [-0.25, -0.2) is 4.98 Å². The van der Waals surface area contributed by atoms with Crippen molar-refractivity contribution >= 4 is 17.2 Å². The SMILES string of the molecule is COc1ccc(C(O)CN(C)C(=O)CCc2nc(-c3ccccc3)cs2)cc1. The summed E-state index contributed by atoms with van der Waals surface area (Å²) in [6.07, 6.45) is 0.233. The van der Waals surface area contributed by atoms with Crippen LogP contribution in [0.3, 0.4) is 0 Å². The molecule has 1 N–H and O–H groups in total. The highest BCUT2D eigenvalue weighted by atomic mass is 32.1. The van der Waals surface area contributed by atoms with Crippen molar-refractivity contribution in [2.45, 2.75) is 18.9 Å². The van der Waals surface area contributed by atoms with Crippen LogP contribution < -0.4 is 4.74 Å². The fourth-order valence-electron chi connectivity index (χ4n) is 2.86. The van der Waals surface area contributed by atoms with Gasteiger partial charge in [0.2, 0.25) is 5.91 Å².